The zero-order valence-corrected chi connectivity index (χ0v) is 19.8. The number of nitrogen functional groups attached to an aromatic ring is 1. The fourth-order valence-electron chi connectivity index (χ4n) is 4.58. The molecule has 9 nitrogen and oxygen atoms in total. The number of methoxy groups -OCH3 is 1. The SMILES string of the molecule is COC[C@H]1c2nnc(C(F)(F)F)n2CCN1c1cc(C)c(CNc2cccc3c(N)nccc23)cn1. The summed E-state index contributed by atoms with van der Waals surface area (Å²) in [6.07, 6.45) is -1.11. The summed E-state index contributed by atoms with van der Waals surface area (Å²) in [5.41, 5.74) is 8.91. The summed E-state index contributed by atoms with van der Waals surface area (Å²) >= 11 is 0. The molecule has 5 rings (SSSR count). The van der Waals surface area contributed by atoms with Crippen molar-refractivity contribution in [2.24, 2.45) is 0 Å². The predicted molar refractivity (Wildman–Crippen MR) is 129 cm³/mol. The highest BCUT2D eigenvalue weighted by atomic mass is 19.4. The molecule has 0 saturated carbocycles. The van der Waals surface area contributed by atoms with Crippen LogP contribution in [0.5, 0.6) is 0 Å². The van der Waals surface area contributed by atoms with Crippen LogP contribution in [-0.4, -0.2) is 45.0 Å². The molecule has 0 unspecified atom stereocenters. The van der Waals surface area contributed by atoms with Gasteiger partial charge in [0.15, 0.2) is 5.82 Å². The maximum Gasteiger partial charge on any atom is 0.451 e. The molecule has 3 N–H and O–H groups in total. The molecule has 1 aliphatic rings. The standard InChI is InChI=1S/C24H25F3N8O/c1-14-10-20(34-8-9-35-22(19(34)13-36-2)32-33-23(35)24(25,26)27)31-12-15(14)11-30-18-5-3-4-17-16(18)6-7-29-21(17)28/h3-7,10,12,19,30H,8-9,11,13H2,1-2H3,(H2,28,29)/t19-/m0/s1. The number of hydrogen-bond donors (Lipinski definition) is 2. The number of alkyl halides is 3. The van der Waals surface area contributed by atoms with E-state index in [1.165, 1.54) is 7.11 Å². The van der Waals surface area contributed by atoms with Crippen molar-refractivity contribution in [1.29, 1.82) is 0 Å². The van der Waals surface area contributed by atoms with E-state index in [1.807, 2.05) is 42.2 Å². The summed E-state index contributed by atoms with van der Waals surface area (Å²) in [6.45, 7) is 3.08. The molecule has 3 aromatic heterocycles. The number of halogens is 3. The van der Waals surface area contributed by atoms with E-state index in [-0.39, 0.29) is 19.0 Å². The minimum absolute atomic E-state index is 0.0977. The largest absolute Gasteiger partial charge is 0.451 e. The Balaban J connectivity index is 1.38. The zero-order valence-electron chi connectivity index (χ0n) is 19.8. The summed E-state index contributed by atoms with van der Waals surface area (Å²) in [7, 11) is 1.50. The molecule has 0 spiro atoms. The van der Waals surface area contributed by atoms with Crippen molar-refractivity contribution in [3.8, 4) is 0 Å². The highest BCUT2D eigenvalue weighted by Gasteiger charge is 2.42. The quantitative estimate of drug-likeness (QED) is 0.412. The first kappa shape index (κ1) is 23.8. The van der Waals surface area contributed by atoms with Gasteiger partial charge in [-0.15, -0.1) is 10.2 Å². The van der Waals surface area contributed by atoms with Gasteiger partial charge in [-0.1, -0.05) is 12.1 Å². The molecule has 1 aliphatic heterocycles. The average Bonchev–Trinajstić information content (AvgIpc) is 3.29. The van der Waals surface area contributed by atoms with Crippen LogP contribution in [0.3, 0.4) is 0 Å². The number of nitrogens with one attached hydrogen (secondary N) is 1. The lowest BCUT2D eigenvalue weighted by Crippen LogP contribution is -2.42. The van der Waals surface area contributed by atoms with E-state index >= 15 is 0 Å². The monoisotopic (exact) mass is 498 g/mol. The Morgan fingerprint density at radius 2 is 1.97 bits per heavy atom. The van der Waals surface area contributed by atoms with Crippen LogP contribution < -0.4 is 16.0 Å². The molecule has 188 valence electrons. The van der Waals surface area contributed by atoms with Crippen LogP contribution in [-0.2, 0) is 24.0 Å². The first-order valence-electron chi connectivity index (χ1n) is 11.4. The second-order valence-corrected chi connectivity index (χ2v) is 8.62. The number of aryl methyl sites for hydroxylation is 1. The summed E-state index contributed by atoms with van der Waals surface area (Å²) in [5, 5.41) is 12.6. The minimum atomic E-state index is -4.57. The first-order valence-corrected chi connectivity index (χ1v) is 11.4. The van der Waals surface area contributed by atoms with Crippen molar-refractivity contribution >= 4 is 28.1 Å². The third kappa shape index (κ3) is 4.28. The average molecular weight is 499 g/mol. The smallest absolute Gasteiger partial charge is 0.383 e. The Morgan fingerprint density at radius 3 is 2.72 bits per heavy atom. The Bertz CT molecular complexity index is 1400. The lowest BCUT2D eigenvalue weighted by molar-refractivity contribution is -0.147. The van der Waals surface area contributed by atoms with Gasteiger partial charge in [-0.3, -0.25) is 0 Å². The number of ether oxygens (including phenoxy) is 1. The number of rotatable bonds is 6. The second kappa shape index (κ2) is 9.26. The highest BCUT2D eigenvalue weighted by molar-refractivity contribution is 5.99. The van der Waals surface area contributed by atoms with Crippen LogP contribution >= 0.6 is 0 Å². The van der Waals surface area contributed by atoms with Crippen LogP contribution in [0.2, 0.25) is 0 Å². The lowest BCUT2D eigenvalue weighted by atomic mass is 10.1. The van der Waals surface area contributed by atoms with Gasteiger partial charge in [-0.2, -0.15) is 13.2 Å². The molecule has 0 amide bonds. The van der Waals surface area contributed by atoms with E-state index < -0.39 is 18.0 Å². The third-order valence-electron chi connectivity index (χ3n) is 6.40. The molecule has 0 saturated heterocycles. The molecule has 1 atom stereocenters. The molecule has 4 heterocycles. The Morgan fingerprint density at radius 1 is 1.14 bits per heavy atom. The maximum atomic E-state index is 13.3. The van der Waals surface area contributed by atoms with Gasteiger partial charge in [0.2, 0.25) is 5.82 Å². The van der Waals surface area contributed by atoms with Gasteiger partial charge < -0.3 is 25.3 Å². The number of nitrogens with zero attached hydrogens (tertiary/aromatic N) is 6. The molecule has 0 fully saturated rings. The molecule has 12 heteroatoms. The molecular weight excluding hydrogens is 473 g/mol. The van der Waals surface area contributed by atoms with Crippen molar-refractivity contribution in [3.05, 3.63) is 65.5 Å². The van der Waals surface area contributed by atoms with E-state index in [0.717, 1.165) is 32.2 Å². The van der Waals surface area contributed by atoms with Crippen molar-refractivity contribution in [3.63, 3.8) is 0 Å². The third-order valence-corrected chi connectivity index (χ3v) is 6.40. The highest BCUT2D eigenvalue weighted by Crippen LogP contribution is 2.35. The number of aromatic nitrogens is 5. The van der Waals surface area contributed by atoms with Crippen LogP contribution in [0.25, 0.3) is 10.8 Å². The first-order chi connectivity index (χ1) is 17.3. The zero-order chi connectivity index (χ0) is 25.4. The summed E-state index contributed by atoms with van der Waals surface area (Å²) in [4.78, 5) is 10.7. The second-order valence-electron chi connectivity index (χ2n) is 8.62. The topological polar surface area (TPSA) is 107 Å². The van der Waals surface area contributed by atoms with Crippen LogP contribution in [0.1, 0.15) is 28.8 Å². The molecule has 4 aromatic rings. The Hall–Kier alpha value is -3.93. The maximum absolute atomic E-state index is 13.3. The number of nitrogens with two attached hydrogens (primary N) is 1. The van der Waals surface area contributed by atoms with Gasteiger partial charge in [0, 0.05) is 55.6 Å². The number of pyridine rings is 2. The van der Waals surface area contributed by atoms with Crippen molar-refractivity contribution < 1.29 is 17.9 Å². The molecule has 0 bridgehead atoms. The lowest BCUT2D eigenvalue weighted by Gasteiger charge is -2.36. The molecule has 36 heavy (non-hydrogen) atoms. The number of hydrogen-bond acceptors (Lipinski definition) is 8. The van der Waals surface area contributed by atoms with Crippen LogP contribution in [0, 0.1) is 6.92 Å². The van der Waals surface area contributed by atoms with E-state index in [2.05, 4.69) is 25.5 Å². The summed E-state index contributed by atoms with van der Waals surface area (Å²) in [6, 6.07) is 9.13. The Kier molecular flexibility index (Phi) is 6.12. The van der Waals surface area contributed by atoms with Crippen LogP contribution in [0.15, 0.2) is 42.7 Å². The van der Waals surface area contributed by atoms with E-state index in [9.17, 15) is 13.2 Å². The molecule has 0 radical (unpaired) electrons. The van der Waals surface area contributed by atoms with E-state index in [4.69, 9.17) is 10.5 Å². The molecule has 0 aliphatic carbocycles. The predicted octanol–water partition coefficient (Wildman–Crippen LogP) is 3.95. The number of anilines is 3. The van der Waals surface area contributed by atoms with Gasteiger partial charge in [-0.05, 0) is 36.2 Å². The molecule has 1 aromatic carbocycles. The fraction of sp³-hybridized carbons (Fsp3) is 0.333. The fourth-order valence-corrected chi connectivity index (χ4v) is 4.58. The van der Waals surface area contributed by atoms with Crippen molar-refractivity contribution in [1.82, 2.24) is 24.7 Å². The van der Waals surface area contributed by atoms with Gasteiger partial charge in [0.1, 0.15) is 17.7 Å². The molecular formula is C24H25F3N8O. The summed E-state index contributed by atoms with van der Waals surface area (Å²) in [5.74, 6) is 0.342. The van der Waals surface area contributed by atoms with Crippen LogP contribution in [0.4, 0.5) is 30.5 Å². The number of benzene rings is 1. The number of fused-ring (bicyclic) bond motifs is 2. The van der Waals surface area contributed by atoms with E-state index in [1.54, 1.807) is 12.4 Å². The van der Waals surface area contributed by atoms with Gasteiger partial charge in [0.25, 0.3) is 0 Å². The van der Waals surface area contributed by atoms with Gasteiger partial charge in [0.05, 0.1) is 6.61 Å². The Labute approximate surface area is 205 Å². The van der Waals surface area contributed by atoms with E-state index in [0.29, 0.717) is 24.7 Å². The minimum Gasteiger partial charge on any atom is -0.383 e. The van der Waals surface area contributed by atoms with Crippen molar-refractivity contribution in [2.45, 2.75) is 32.2 Å². The normalized spacial score (nSPS) is 15.8. The van der Waals surface area contributed by atoms with Crippen molar-refractivity contribution in [2.75, 3.05) is 36.2 Å². The van der Waals surface area contributed by atoms with Gasteiger partial charge >= 0.3 is 6.18 Å². The van der Waals surface area contributed by atoms with Gasteiger partial charge in [-0.25, -0.2) is 9.97 Å². The summed E-state index contributed by atoms with van der Waals surface area (Å²) < 4.78 is 46.5.